The summed E-state index contributed by atoms with van der Waals surface area (Å²) in [5.41, 5.74) is 0.706. The van der Waals surface area contributed by atoms with Crippen LogP contribution in [0.15, 0.2) is 58.8 Å². The van der Waals surface area contributed by atoms with E-state index in [0.29, 0.717) is 5.56 Å². The molecule has 0 aliphatic carbocycles. The molecule has 9 nitrogen and oxygen atoms in total. The van der Waals surface area contributed by atoms with Gasteiger partial charge in [0.1, 0.15) is 10.6 Å². The Bertz CT molecular complexity index is 1160. The molecule has 0 atom stereocenters. The van der Waals surface area contributed by atoms with E-state index in [0.717, 1.165) is 16.8 Å². The Kier molecular flexibility index (Phi) is 5.89. The maximum absolute atomic E-state index is 12.3. The van der Waals surface area contributed by atoms with E-state index in [2.05, 4.69) is 10.3 Å². The summed E-state index contributed by atoms with van der Waals surface area (Å²) in [4.78, 5) is 26.2. The Hall–Kier alpha value is -3.31. The molecular weight excluding hydrogens is 418 g/mol. The predicted octanol–water partition coefficient (Wildman–Crippen LogP) is 3.06. The first kappa shape index (κ1) is 20.4. The molecule has 0 saturated heterocycles. The van der Waals surface area contributed by atoms with Crippen LogP contribution in [-0.4, -0.2) is 24.2 Å². The number of carbonyl (C=O) groups is 1. The van der Waals surface area contributed by atoms with Gasteiger partial charge in [-0.05, 0) is 37.3 Å². The fraction of sp³-hybridized carbons (Fsp3) is 0.111. The minimum absolute atomic E-state index is 0.0248. The molecule has 1 aromatic heterocycles. The standard InChI is InChI=1S/C18H15N3O6S2/c1-12-20-14(11-28-12)10-19-18(22)13-5-7-16(8-6-13)27-29(25,26)17-4-2-3-15(9-17)21(23)24/h2-9,11H,10H2,1H3,(H,19,22). The van der Waals surface area contributed by atoms with Gasteiger partial charge >= 0.3 is 10.1 Å². The normalized spacial score (nSPS) is 11.1. The summed E-state index contributed by atoms with van der Waals surface area (Å²) in [5.74, 6) is -0.369. The summed E-state index contributed by atoms with van der Waals surface area (Å²) in [6.07, 6.45) is 0. The van der Waals surface area contributed by atoms with Crippen molar-refractivity contribution in [3.63, 3.8) is 0 Å². The van der Waals surface area contributed by atoms with Gasteiger partial charge in [0.05, 0.1) is 22.2 Å². The number of thiazole rings is 1. The molecule has 3 rings (SSSR count). The molecular formula is C18H15N3O6S2. The number of non-ortho nitro benzene ring substituents is 1. The number of hydrogen-bond donors (Lipinski definition) is 1. The maximum Gasteiger partial charge on any atom is 0.339 e. The lowest BCUT2D eigenvalue weighted by atomic mass is 10.2. The molecule has 0 aliphatic rings. The number of carbonyl (C=O) groups excluding carboxylic acids is 1. The fourth-order valence-electron chi connectivity index (χ4n) is 2.35. The number of benzene rings is 2. The lowest BCUT2D eigenvalue weighted by Gasteiger charge is -2.08. The average molecular weight is 433 g/mol. The number of nitro benzene ring substituents is 1. The van der Waals surface area contributed by atoms with Gasteiger partial charge in [-0.15, -0.1) is 11.3 Å². The van der Waals surface area contributed by atoms with Gasteiger partial charge in [-0.2, -0.15) is 8.42 Å². The second kappa shape index (κ2) is 8.37. The molecule has 150 valence electrons. The van der Waals surface area contributed by atoms with Crippen molar-refractivity contribution >= 4 is 33.0 Å². The molecule has 1 N–H and O–H groups in total. The van der Waals surface area contributed by atoms with Gasteiger partial charge in [0.15, 0.2) is 0 Å². The number of aromatic nitrogens is 1. The van der Waals surface area contributed by atoms with Crippen molar-refractivity contribution in [1.29, 1.82) is 0 Å². The van der Waals surface area contributed by atoms with Crippen molar-refractivity contribution < 1.29 is 22.3 Å². The number of hydrogen-bond acceptors (Lipinski definition) is 8. The summed E-state index contributed by atoms with van der Waals surface area (Å²) in [7, 11) is -4.26. The highest BCUT2D eigenvalue weighted by Crippen LogP contribution is 2.22. The van der Waals surface area contributed by atoms with E-state index in [4.69, 9.17) is 4.18 Å². The Morgan fingerprint density at radius 1 is 1.24 bits per heavy atom. The van der Waals surface area contributed by atoms with Gasteiger partial charge in [0.25, 0.3) is 11.6 Å². The monoisotopic (exact) mass is 433 g/mol. The highest BCUT2D eigenvalue weighted by atomic mass is 32.2. The topological polar surface area (TPSA) is 128 Å². The molecule has 0 saturated carbocycles. The summed E-state index contributed by atoms with van der Waals surface area (Å²) in [5, 5.41) is 16.3. The third kappa shape index (κ3) is 5.15. The van der Waals surface area contributed by atoms with Crippen LogP contribution in [0.3, 0.4) is 0 Å². The first-order valence-electron chi connectivity index (χ1n) is 8.23. The molecule has 2 aromatic carbocycles. The molecule has 0 radical (unpaired) electrons. The highest BCUT2D eigenvalue weighted by molar-refractivity contribution is 7.87. The van der Waals surface area contributed by atoms with Crippen molar-refractivity contribution in [3.05, 3.63) is 80.3 Å². The molecule has 0 aliphatic heterocycles. The lowest BCUT2D eigenvalue weighted by molar-refractivity contribution is -0.385. The quantitative estimate of drug-likeness (QED) is 0.344. The minimum Gasteiger partial charge on any atom is -0.379 e. The zero-order chi connectivity index (χ0) is 21.0. The van der Waals surface area contributed by atoms with Crippen LogP contribution in [0.25, 0.3) is 0 Å². The second-order valence-electron chi connectivity index (χ2n) is 5.86. The smallest absolute Gasteiger partial charge is 0.339 e. The van der Waals surface area contributed by atoms with Crippen LogP contribution in [0.1, 0.15) is 21.1 Å². The van der Waals surface area contributed by atoms with Crippen LogP contribution in [0.4, 0.5) is 5.69 Å². The van der Waals surface area contributed by atoms with E-state index in [1.807, 2.05) is 12.3 Å². The molecule has 11 heteroatoms. The van der Waals surface area contributed by atoms with Crippen molar-refractivity contribution in [2.45, 2.75) is 18.4 Å². The Morgan fingerprint density at radius 2 is 1.97 bits per heavy atom. The zero-order valence-corrected chi connectivity index (χ0v) is 16.7. The van der Waals surface area contributed by atoms with E-state index in [1.165, 1.54) is 53.8 Å². The molecule has 1 heterocycles. The first-order valence-corrected chi connectivity index (χ1v) is 10.5. The molecule has 1 amide bonds. The van der Waals surface area contributed by atoms with Gasteiger partial charge in [-0.25, -0.2) is 4.98 Å². The maximum atomic E-state index is 12.3. The van der Waals surface area contributed by atoms with Crippen molar-refractivity contribution in [3.8, 4) is 5.75 Å². The van der Waals surface area contributed by atoms with E-state index in [9.17, 15) is 23.3 Å². The van der Waals surface area contributed by atoms with E-state index in [1.54, 1.807) is 0 Å². The van der Waals surface area contributed by atoms with Crippen LogP contribution in [0.5, 0.6) is 5.75 Å². The van der Waals surface area contributed by atoms with Crippen LogP contribution in [0, 0.1) is 17.0 Å². The highest BCUT2D eigenvalue weighted by Gasteiger charge is 2.20. The van der Waals surface area contributed by atoms with Gasteiger partial charge in [0.2, 0.25) is 0 Å². The average Bonchev–Trinajstić information content (AvgIpc) is 3.11. The Labute approximate surface area is 170 Å². The second-order valence-corrected chi connectivity index (χ2v) is 8.47. The van der Waals surface area contributed by atoms with Crippen LogP contribution in [-0.2, 0) is 16.7 Å². The molecule has 0 bridgehead atoms. The van der Waals surface area contributed by atoms with E-state index in [-0.39, 0.29) is 28.8 Å². The molecule has 0 fully saturated rings. The van der Waals surface area contributed by atoms with Crippen LogP contribution < -0.4 is 9.50 Å². The minimum atomic E-state index is -4.26. The SMILES string of the molecule is Cc1nc(CNC(=O)c2ccc(OS(=O)(=O)c3cccc([N+](=O)[O-])c3)cc2)cs1. The first-order chi connectivity index (χ1) is 13.7. The van der Waals surface area contributed by atoms with Crippen LogP contribution in [0.2, 0.25) is 0 Å². The van der Waals surface area contributed by atoms with Gasteiger partial charge in [-0.1, -0.05) is 6.07 Å². The van der Waals surface area contributed by atoms with E-state index >= 15 is 0 Å². The van der Waals surface area contributed by atoms with Crippen molar-refractivity contribution in [1.82, 2.24) is 10.3 Å². The van der Waals surface area contributed by atoms with Gasteiger partial charge < -0.3 is 9.50 Å². The molecule has 0 spiro atoms. The van der Waals surface area contributed by atoms with Gasteiger partial charge in [-0.3, -0.25) is 14.9 Å². The molecule has 3 aromatic rings. The summed E-state index contributed by atoms with van der Waals surface area (Å²) in [6.45, 7) is 2.15. The van der Waals surface area contributed by atoms with Crippen molar-refractivity contribution in [2.75, 3.05) is 0 Å². The third-order valence-corrected chi connectivity index (χ3v) is 5.80. The number of amides is 1. The largest absolute Gasteiger partial charge is 0.379 e. The molecule has 29 heavy (non-hydrogen) atoms. The number of nitrogens with zero attached hydrogens (tertiary/aromatic N) is 2. The van der Waals surface area contributed by atoms with Crippen LogP contribution >= 0.6 is 11.3 Å². The van der Waals surface area contributed by atoms with Gasteiger partial charge in [0, 0.05) is 23.1 Å². The Balaban J connectivity index is 1.67. The van der Waals surface area contributed by atoms with E-state index < -0.39 is 15.0 Å². The summed E-state index contributed by atoms with van der Waals surface area (Å²) in [6, 6.07) is 10.0. The molecule has 0 unspecified atom stereocenters. The number of nitrogens with one attached hydrogen (secondary N) is 1. The fourth-order valence-corrected chi connectivity index (χ4v) is 3.94. The predicted molar refractivity (Wildman–Crippen MR) is 105 cm³/mol. The third-order valence-electron chi connectivity index (χ3n) is 3.74. The summed E-state index contributed by atoms with van der Waals surface area (Å²) < 4.78 is 29.7. The number of nitro groups is 1. The lowest BCUT2D eigenvalue weighted by Crippen LogP contribution is -2.22. The Morgan fingerprint density at radius 3 is 2.59 bits per heavy atom. The zero-order valence-electron chi connectivity index (χ0n) is 15.1. The summed E-state index contributed by atoms with van der Waals surface area (Å²) >= 11 is 1.49. The van der Waals surface area contributed by atoms with Crippen molar-refractivity contribution in [2.24, 2.45) is 0 Å². The number of rotatable bonds is 7. The number of aryl methyl sites for hydroxylation is 1.